The van der Waals surface area contributed by atoms with Gasteiger partial charge in [-0.3, -0.25) is 0 Å². The first-order valence-corrected chi connectivity index (χ1v) is 8.08. The van der Waals surface area contributed by atoms with Gasteiger partial charge in [-0.25, -0.2) is 4.98 Å². The Morgan fingerprint density at radius 1 is 1.20 bits per heavy atom. The summed E-state index contributed by atoms with van der Waals surface area (Å²) in [6, 6.07) is 8.96. The second-order valence-electron chi connectivity index (χ2n) is 5.41. The molecule has 1 fully saturated rings. The maximum atomic E-state index is 4.58. The monoisotopic (exact) mass is 287 g/mol. The highest BCUT2D eigenvalue weighted by Gasteiger charge is 2.13. The van der Waals surface area contributed by atoms with Gasteiger partial charge >= 0.3 is 0 Å². The molecule has 1 N–H and O–H groups in total. The first-order chi connectivity index (χ1) is 9.72. The Bertz CT molecular complexity index is 555. The first-order valence-electron chi connectivity index (χ1n) is 7.26. The Morgan fingerprint density at radius 2 is 2.00 bits per heavy atom. The van der Waals surface area contributed by atoms with E-state index >= 15 is 0 Å². The maximum Gasteiger partial charge on any atom is 0.128 e. The fourth-order valence-electron chi connectivity index (χ4n) is 2.61. The molecule has 0 bridgehead atoms. The lowest BCUT2D eigenvalue weighted by Gasteiger charge is -2.18. The van der Waals surface area contributed by atoms with E-state index in [4.69, 9.17) is 0 Å². The molecule has 3 nitrogen and oxygen atoms in total. The van der Waals surface area contributed by atoms with E-state index in [1.54, 1.807) is 0 Å². The second kappa shape index (κ2) is 5.83. The van der Waals surface area contributed by atoms with Crippen LogP contribution in [-0.4, -0.2) is 18.1 Å². The fraction of sp³-hybridized carbons (Fsp3) is 0.438. The number of rotatable bonds is 4. The van der Waals surface area contributed by atoms with Crippen LogP contribution in [0.4, 0.5) is 11.5 Å². The normalized spacial score (nSPS) is 16.4. The van der Waals surface area contributed by atoms with Crippen molar-refractivity contribution in [2.24, 2.45) is 0 Å². The second-order valence-corrected chi connectivity index (χ2v) is 6.73. The van der Waals surface area contributed by atoms with Gasteiger partial charge in [0.2, 0.25) is 0 Å². The summed E-state index contributed by atoms with van der Waals surface area (Å²) in [6.07, 6.45) is 4.53. The highest BCUT2D eigenvalue weighted by atomic mass is 32.1. The number of hydrogen-bond acceptors (Lipinski definition) is 4. The minimum Gasteiger partial charge on any atom is -0.376 e. The predicted molar refractivity (Wildman–Crippen MR) is 86.8 cm³/mol. The minimum absolute atomic E-state index is 0.327. The van der Waals surface area contributed by atoms with Gasteiger partial charge in [0, 0.05) is 22.8 Å². The molecule has 1 aliphatic rings. The number of pyridine rings is 1. The van der Waals surface area contributed by atoms with Gasteiger partial charge in [0.05, 0.1) is 17.9 Å². The van der Waals surface area contributed by atoms with E-state index in [1.165, 1.54) is 22.6 Å². The van der Waals surface area contributed by atoms with Crippen molar-refractivity contribution in [3.05, 3.63) is 40.2 Å². The minimum atomic E-state index is 0.327. The summed E-state index contributed by atoms with van der Waals surface area (Å²) < 4.78 is 0. The van der Waals surface area contributed by atoms with E-state index in [0.29, 0.717) is 6.04 Å². The van der Waals surface area contributed by atoms with Crippen LogP contribution in [0, 0.1) is 6.92 Å². The molecule has 0 spiro atoms. The van der Waals surface area contributed by atoms with Crippen molar-refractivity contribution in [1.29, 1.82) is 0 Å². The van der Waals surface area contributed by atoms with Crippen LogP contribution in [0.15, 0.2) is 30.5 Å². The SMILES string of the molecule is Cc1ccc(C(C)Nc2ccc(N3CCCC3)nc2)s1. The largest absolute Gasteiger partial charge is 0.376 e. The molecule has 106 valence electrons. The zero-order valence-corrected chi connectivity index (χ0v) is 12.9. The smallest absolute Gasteiger partial charge is 0.128 e. The van der Waals surface area contributed by atoms with Crippen molar-refractivity contribution < 1.29 is 0 Å². The Morgan fingerprint density at radius 3 is 2.60 bits per heavy atom. The third-order valence-electron chi connectivity index (χ3n) is 3.75. The molecule has 1 unspecified atom stereocenters. The quantitative estimate of drug-likeness (QED) is 0.912. The highest BCUT2D eigenvalue weighted by Crippen LogP contribution is 2.26. The van der Waals surface area contributed by atoms with Gasteiger partial charge in [-0.2, -0.15) is 0 Å². The van der Waals surface area contributed by atoms with Crippen LogP contribution in [0.1, 0.15) is 35.6 Å². The van der Waals surface area contributed by atoms with Gasteiger partial charge in [0.25, 0.3) is 0 Å². The number of nitrogens with zero attached hydrogens (tertiary/aromatic N) is 2. The molecule has 2 aromatic heterocycles. The Balaban J connectivity index is 1.65. The molecule has 3 rings (SSSR count). The van der Waals surface area contributed by atoms with Crippen LogP contribution in [0.2, 0.25) is 0 Å². The van der Waals surface area contributed by atoms with Crippen LogP contribution in [-0.2, 0) is 0 Å². The van der Waals surface area contributed by atoms with E-state index in [-0.39, 0.29) is 0 Å². The maximum absolute atomic E-state index is 4.58. The molecule has 1 aliphatic heterocycles. The molecule has 3 heterocycles. The van der Waals surface area contributed by atoms with Crippen molar-refractivity contribution in [1.82, 2.24) is 4.98 Å². The Labute approximate surface area is 124 Å². The number of thiophene rings is 1. The summed E-state index contributed by atoms with van der Waals surface area (Å²) in [5.41, 5.74) is 1.09. The lowest BCUT2D eigenvalue weighted by atomic mass is 10.2. The predicted octanol–water partition coefficient (Wildman–Crippen LogP) is 4.22. The van der Waals surface area contributed by atoms with E-state index in [9.17, 15) is 0 Å². The summed E-state index contributed by atoms with van der Waals surface area (Å²) in [5, 5.41) is 3.52. The summed E-state index contributed by atoms with van der Waals surface area (Å²) in [5.74, 6) is 1.10. The fourth-order valence-corrected chi connectivity index (χ4v) is 3.49. The molecule has 1 saturated heterocycles. The van der Waals surface area contributed by atoms with Gasteiger partial charge in [-0.05, 0) is 51.0 Å². The van der Waals surface area contributed by atoms with Gasteiger partial charge in [-0.1, -0.05) is 0 Å². The van der Waals surface area contributed by atoms with Gasteiger partial charge in [0.1, 0.15) is 5.82 Å². The topological polar surface area (TPSA) is 28.2 Å². The average Bonchev–Trinajstić information content (AvgIpc) is 3.10. The molecule has 0 saturated carbocycles. The number of anilines is 2. The van der Waals surface area contributed by atoms with Gasteiger partial charge in [0.15, 0.2) is 0 Å². The van der Waals surface area contributed by atoms with E-state index in [0.717, 1.165) is 24.6 Å². The van der Waals surface area contributed by atoms with Crippen molar-refractivity contribution in [2.45, 2.75) is 32.7 Å². The Hall–Kier alpha value is -1.55. The molecule has 2 aromatic rings. The molecule has 20 heavy (non-hydrogen) atoms. The van der Waals surface area contributed by atoms with Crippen LogP contribution < -0.4 is 10.2 Å². The summed E-state index contributed by atoms with van der Waals surface area (Å²) in [6.45, 7) is 6.63. The molecule has 0 amide bonds. The number of aryl methyl sites for hydroxylation is 1. The molecule has 0 aliphatic carbocycles. The number of aromatic nitrogens is 1. The van der Waals surface area contributed by atoms with E-state index < -0.39 is 0 Å². The third kappa shape index (κ3) is 2.96. The zero-order chi connectivity index (χ0) is 13.9. The van der Waals surface area contributed by atoms with Gasteiger partial charge < -0.3 is 10.2 Å². The molecular formula is C16H21N3S. The van der Waals surface area contributed by atoms with Crippen molar-refractivity contribution in [3.63, 3.8) is 0 Å². The number of hydrogen-bond donors (Lipinski definition) is 1. The first kappa shape index (κ1) is 13.4. The number of nitrogens with one attached hydrogen (secondary N) is 1. The summed E-state index contributed by atoms with van der Waals surface area (Å²) in [7, 11) is 0. The third-order valence-corrected chi connectivity index (χ3v) is 4.93. The van der Waals surface area contributed by atoms with Crippen LogP contribution in [0.3, 0.4) is 0 Å². The summed E-state index contributed by atoms with van der Waals surface area (Å²) in [4.78, 5) is 9.66. The van der Waals surface area contributed by atoms with Crippen LogP contribution in [0.5, 0.6) is 0 Å². The molecule has 0 aromatic carbocycles. The van der Waals surface area contributed by atoms with Crippen molar-refractivity contribution >= 4 is 22.8 Å². The van der Waals surface area contributed by atoms with Crippen molar-refractivity contribution in [3.8, 4) is 0 Å². The van der Waals surface area contributed by atoms with E-state index in [1.807, 2.05) is 17.5 Å². The average molecular weight is 287 g/mol. The molecular weight excluding hydrogens is 266 g/mol. The summed E-state index contributed by atoms with van der Waals surface area (Å²) >= 11 is 1.85. The van der Waals surface area contributed by atoms with Crippen molar-refractivity contribution in [2.75, 3.05) is 23.3 Å². The standard InChI is InChI=1S/C16H21N3S/c1-12-5-7-15(20-12)13(2)18-14-6-8-16(17-11-14)19-9-3-4-10-19/h5-8,11,13,18H,3-4,9-10H2,1-2H3. The Kier molecular flexibility index (Phi) is 3.92. The van der Waals surface area contributed by atoms with Gasteiger partial charge in [-0.15, -0.1) is 11.3 Å². The van der Waals surface area contributed by atoms with Crippen LogP contribution in [0.25, 0.3) is 0 Å². The van der Waals surface area contributed by atoms with Crippen LogP contribution >= 0.6 is 11.3 Å². The van der Waals surface area contributed by atoms with E-state index in [2.05, 4.69) is 53.3 Å². The lowest BCUT2D eigenvalue weighted by molar-refractivity contribution is 0.901. The molecule has 4 heteroatoms. The highest BCUT2D eigenvalue weighted by molar-refractivity contribution is 7.12. The molecule has 1 atom stereocenters. The molecule has 0 radical (unpaired) electrons. The zero-order valence-electron chi connectivity index (χ0n) is 12.1. The lowest BCUT2D eigenvalue weighted by Crippen LogP contribution is -2.18.